The summed E-state index contributed by atoms with van der Waals surface area (Å²) in [6.45, 7) is 0. The first-order valence-corrected chi connectivity index (χ1v) is 7.62. The monoisotopic (exact) mass is 334 g/mol. The third-order valence-corrected chi connectivity index (χ3v) is 4.12. The van der Waals surface area contributed by atoms with Crippen molar-refractivity contribution in [3.05, 3.63) is 41.7 Å². The molecule has 3 rings (SSSR count). The number of carboxylic acids is 1. The molecule has 8 heteroatoms. The number of azo groups is 1. The first-order chi connectivity index (χ1) is 11.5. The fourth-order valence-corrected chi connectivity index (χ4v) is 2.82. The second-order valence-corrected chi connectivity index (χ2v) is 5.81. The average molecular weight is 334 g/mol. The SMILES string of the molecule is O=C(O)c1n[nH]c(C2CCC(F)(F)CC2)c1N=Nc1ccccc1. The topological polar surface area (TPSA) is 90.7 Å². The number of hydrogen-bond acceptors (Lipinski definition) is 4. The van der Waals surface area contributed by atoms with Crippen molar-refractivity contribution in [3.8, 4) is 0 Å². The number of halogens is 2. The highest BCUT2D eigenvalue weighted by atomic mass is 19.3. The molecule has 0 saturated heterocycles. The zero-order chi connectivity index (χ0) is 17.2. The zero-order valence-corrected chi connectivity index (χ0v) is 12.7. The van der Waals surface area contributed by atoms with Gasteiger partial charge in [-0.25, -0.2) is 13.6 Å². The summed E-state index contributed by atoms with van der Waals surface area (Å²) in [5, 5.41) is 23.7. The summed E-state index contributed by atoms with van der Waals surface area (Å²) >= 11 is 0. The molecule has 1 aliphatic rings. The van der Waals surface area contributed by atoms with Gasteiger partial charge in [0.2, 0.25) is 5.92 Å². The quantitative estimate of drug-likeness (QED) is 0.786. The standard InChI is InChI=1S/C16H16F2N4O2/c17-16(18)8-6-10(7-9-16)12-13(14(15(23)24)22-20-12)21-19-11-4-2-1-3-5-11/h1-5,10H,6-9H2,(H,20,22)(H,23,24). The van der Waals surface area contributed by atoms with Gasteiger partial charge >= 0.3 is 5.97 Å². The number of aromatic carboxylic acids is 1. The number of aromatic amines is 1. The van der Waals surface area contributed by atoms with Crippen molar-refractivity contribution >= 4 is 17.3 Å². The van der Waals surface area contributed by atoms with E-state index in [0.29, 0.717) is 11.4 Å². The number of hydrogen-bond donors (Lipinski definition) is 2. The summed E-state index contributed by atoms with van der Waals surface area (Å²) in [7, 11) is 0. The number of H-pyrrole nitrogens is 1. The van der Waals surface area contributed by atoms with Crippen LogP contribution in [-0.4, -0.2) is 27.2 Å². The second kappa shape index (κ2) is 6.46. The van der Waals surface area contributed by atoms with Gasteiger partial charge in [0.05, 0.1) is 11.4 Å². The maximum absolute atomic E-state index is 13.3. The van der Waals surface area contributed by atoms with Gasteiger partial charge in [-0.05, 0) is 25.0 Å². The first-order valence-electron chi connectivity index (χ1n) is 7.62. The lowest BCUT2D eigenvalue weighted by Gasteiger charge is -2.27. The molecule has 1 aromatic carbocycles. The summed E-state index contributed by atoms with van der Waals surface area (Å²) in [6.07, 6.45) is 0.0485. The summed E-state index contributed by atoms with van der Waals surface area (Å²) in [4.78, 5) is 11.3. The van der Waals surface area contributed by atoms with Crippen molar-refractivity contribution in [2.24, 2.45) is 10.2 Å². The number of aromatic nitrogens is 2. The summed E-state index contributed by atoms with van der Waals surface area (Å²) in [5.41, 5.74) is 0.891. The van der Waals surface area contributed by atoms with Gasteiger partial charge < -0.3 is 5.11 Å². The van der Waals surface area contributed by atoms with E-state index in [4.69, 9.17) is 0 Å². The molecule has 126 valence electrons. The number of nitrogens with zero attached hydrogens (tertiary/aromatic N) is 3. The minimum Gasteiger partial charge on any atom is -0.476 e. The number of carbonyl (C=O) groups is 1. The molecule has 1 aromatic heterocycles. The van der Waals surface area contributed by atoms with Crippen LogP contribution in [0.15, 0.2) is 40.6 Å². The van der Waals surface area contributed by atoms with Crippen molar-refractivity contribution in [3.63, 3.8) is 0 Å². The van der Waals surface area contributed by atoms with E-state index in [9.17, 15) is 18.7 Å². The van der Waals surface area contributed by atoms with E-state index in [0.717, 1.165) is 0 Å². The fourth-order valence-electron chi connectivity index (χ4n) is 2.82. The second-order valence-electron chi connectivity index (χ2n) is 5.81. The van der Waals surface area contributed by atoms with E-state index in [2.05, 4.69) is 20.4 Å². The molecule has 0 radical (unpaired) electrons. The smallest absolute Gasteiger partial charge is 0.358 e. The Hall–Kier alpha value is -2.64. The molecule has 0 aliphatic heterocycles. The van der Waals surface area contributed by atoms with Gasteiger partial charge in [0.1, 0.15) is 5.69 Å². The fraction of sp³-hybridized carbons (Fsp3) is 0.375. The van der Waals surface area contributed by atoms with E-state index < -0.39 is 11.9 Å². The van der Waals surface area contributed by atoms with Gasteiger partial charge in [0.15, 0.2) is 5.69 Å². The number of carboxylic acid groups (broad SMARTS) is 1. The molecular weight excluding hydrogens is 318 g/mol. The van der Waals surface area contributed by atoms with Gasteiger partial charge in [0.25, 0.3) is 0 Å². The molecule has 2 N–H and O–H groups in total. The predicted molar refractivity (Wildman–Crippen MR) is 82.3 cm³/mol. The van der Waals surface area contributed by atoms with Crippen LogP contribution in [0.2, 0.25) is 0 Å². The highest BCUT2D eigenvalue weighted by Gasteiger charge is 2.37. The van der Waals surface area contributed by atoms with Crippen LogP contribution in [-0.2, 0) is 0 Å². The van der Waals surface area contributed by atoms with E-state index >= 15 is 0 Å². The van der Waals surface area contributed by atoms with Gasteiger partial charge in [-0.2, -0.15) is 10.2 Å². The zero-order valence-electron chi connectivity index (χ0n) is 12.7. The third-order valence-electron chi connectivity index (χ3n) is 4.12. The van der Waals surface area contributed by atoms with E-state index in [-0.39, 0.29) is 43.0 Å². The first kappa shape index (κ1) is 16.2. The maximum Gasteiger partial charge on any atom is 0.358 e. The molecule has 0 unspecified atom stereocenters. The molecule has 1 aliphatic carbocycles. The van der Waals surface area contributed by atoms with Crippen LogP contribution in [0, 0.1) is 0 Å². The van der Waals surface area contributed by atoms with Crippen LogP contribution >= 0.6 is 0 Å². The van der Waals surface area contributed by atoms with E-state index in [1.54, 1.807) is 24.3 Å². The van der Waals surface area contributed by atoms with Crippen LogP contribution in [0.5, 0.6) is 0 Å². The van der Waals surface area contributed by atoms with E-state index in [1.165, 1.54) is 0 Å². The Labute approximate surface area is 136 Å². The molecule has 24 heavy (non-hydrogen) atoms. The Morgan fingerprint density at radius 2 is 1.88 bits per heavy atom. The Balaban J connectivity index is 1.90. The summed E-state index contributed by atoms with van der Waals surface area (Å²) in [6, 6.07) is 8.85. The van der Waals surface area contributed by atoms with Crippen LogP contribution < -0.4 is 0 Å². The number of alkyl halides is 2. The molecule has 1 saturated carbocycles. The molecule has 2 aromatic rings. The van der Waals surface area contributed by atoms with Crippen LogP contribution in [0.25, 0.3) is 0 Å². The lowest BCUT2D eigenvalue weighted by molar-refractivity contribution is -0.0384. The molecule has 0 spiro atoms. The summed E-state index contributed by atoms with van der Waals surface area (Å²) in [5.74, 6) is -4.12. The molecule has 6 nitrogen and oxygen atoms in total. The van der Waals surface area contributed by atoms with Crippen LogP contribution in [0.3, 0.4) is 0 Å². The lowest BCUT2D eigenvalue weighted by atomic mass is 9.84. The van der Waals surface area contributed by atoms with Crippen LogP contribution in [0.1, 0.15) is 47.8 Å². The van der Waals surface area contributed by atoms with E-state index in [1.807, 2.05) is 6.07 Å². The minimum atomic E-state index is -2.65. The molecular formula is C16H16F2N4O2. The van der Waals surface area contributed by atoms with Crippen molar-refractivity contribution < 1.29 is 18.7 Å². The van der Waals surface area contributed by atoms with Gasteiger partial charge in [-0.3, -0.25) is 5.10 Å². The lowest BCUT2D eigenvalue weighted by Crippen LogP contribution is -2.23. The molecule has 0 bridgehead atoms. The number of rotatable bonds is 4. The highest BCUT2D eigenvalue weighted by molar-refractivity contribution is 5.91. The normalized spacial score (nSPS) is 18.1. The van der Waals surface area contributed by atoms with Crippen molar-refractivity contribution in [2.75, 3.05) is 0 Å². The predicted octanol–water partition coefficient (Wildman–Crippen LogP) is 4.82. The molecule has 1 heterocycles. The Morgan fingerprint density at radius 1 is 1.21 bits per heavy atom. The number of benzene rings is 1. The third kappa shape index (κ3) is 3.47. The van der Waals surface area contributed by atoms with Gasteiger partial charge in [-0.1, -0.05) is 18.2 Å². The Morgan fingerprint density at radius 3 is 2.50 bits per heavy atom. The van der Waals surface area contributed by atoms with Crippen molar-refractivity contribution in [2.45, 2.75) is 37.5 Å². The number of nitrogens with one attached hydrogen (secondary N) is 1. The Kier molecular flexibility index (Phi) is 4.37. The van der Waals surface area contributed by atoms with Gasteiger partial charge in [-0.15, -0.1) is 5.11 Å². The van der Waals surface area contributed by atoms with Crippen LogP contribution in [0.4, 0.5) is 20.2 Å². The average Bonchev–Trinajstić information content (AvgIpc) is 2.98. The highest BCUT2D eigenvalue weighted by Crippen LogP contribution is 2.43. The van der Waals surface area contributed by atoms with Crippen molar-refractivity contribution in [1.82, 2.24) is 10.2 Å². The van der Waals surface area contributed by atoms with Gasteiger partial charge in [0, 0.05) is 18.8 Å². The Bertz CT molecular complexity index is 749. The van der Waals surface area contributed by atoms with Crippen molar-refractivity contribution in [1.29, 1.82) is 0 Å². The minimum absolute atomic E-state index is 0.113. The molecule has 0 atom stereocenters. The summed E-state index contributed by atoms with van der Waals surface area (Å²) < 4.78 is 26.7. The maximum atomic E-state index is 13.3. The molecule has 0 amide bonds. The largest absolute Gasteiger partial charge is 0.476 e. The molecule has 1 fully saturated rings.